The molecule has 0 heterocycles. The van der Waals surface area contributed by atoms with E-state index in [2.05, 4.69) is 0 Å². The van der Waals surface area contributed by atoms with Gasteiger partial charge in [-0.2, -0.15) is 0 Å². The van der Waals surface area contributed by atoms with Crippen LogP contribution in [0.4, 0.5) is 0 Å². The number of ketones is 1. The first-order valence-corrected chi connectivity index (χ1v) is 4.31. The van der Waals surface area contributed by atoms with Crippen molar-refractivity contribution < 1.29 is 4.79 Å². The first-order valence-electron chi connectivity index (χ1n) is 4.31. The molecule has 0 saturated carbocycles. The van der Waals surface area contributed by atoms with Gasteiger partial charge >= 0.3 is 0 Å². The average Bonchev–Trinajstić information content (AvgIpc) is 2.19. The smallest absolute Gasteiger partial charge is 0.186 e. The normalized spacial score (nSPS) is 17.6. The Morgan fingerprint density at radius 3 is 2.46 bits per heavy atom. The van der Waals surface area contributed by atoms with E-state index in [-0.39, 0.29) is 5.78 Å². The Morgan fingerprint density at radius 2 is 1.77 bits per heavy atom. The van der Waals surface area contributed by atoms with Gasteiger partial charge in [-0.3, -0.25) is 4.79 Å². The lowest BCUT2D eigenvalue weighted by molar-refractivity contribution is 0.104. The Hall–Kier alpha value is -1.63. The largest absolute Gasteiger partial charge is 0.289 e. The summed E-state index contributed by atoms with van der Waals surface area (Å²) in [5.74, 6) is 0.0983. The van der Waals surface area contributed by atoms with Gasteiger partial charge in [0.05, 0.1) is 0 Å². The Bertz CT molecular complexity index is 411. The zero-order valence-electron chi connectivity index (χ0n) is 7.45. The van der Waals surface area contributed by atoms with E-state index in [0.717, 1.165) is 16.7 Å². The molecule has 13 heavy (non-hydrogen) atoms. The van der Waals surface area contributed by atoms with E-state index in [4.69, 9.17) is 0 Å². The van der Waals surface area contributed by atoms with Crippen LogP contribution in [-0.2, 0) is 0 Å². The molecule has 1 aromatic carbocycles. The van der Waals surface area contributed by atoms with Gasteiger partial charge in [-0.15, -0.1) is 0 Å². The first-order chi connectivity index (χ1) is 6.33. The van der Waals surface area contributed by atoms with Crippen LogP contribution in [0, 0.1) is 0 Å². The molecule has 0 unspecified atom stereocenters. The van der Waals surface area contributed by atoms with Gasteiger partial charge in [0.25, 0.3) is 0 Å². The minimum Gasteiger partial charge on any atom is -0.289 e. The summed E-state index contributed by atoms with van der Waals surface area (Å²) in [4.78, 5) is 11.4. The van der Waals surface area contributed by atoms with E-state index in [1.807, 2.05) is 43.3 Å². The zero-order valence-corrected chi connectivity index (χ0v) is 7.45. The van der Waals surface area contributed by atoms with Crippen molar-refractivity contribution in [2.45, 2.75) is 6.92 Å². The molecule has 0 atom stereocenters. The van der Waals surface area contributed by atoms with Gasteiger partial charge in [-0.1, -0.05) is 36.4 Å². The molecule has 1 heteroatoms. The van der Waals surface area contributed by atoms with Crippen LogP contribution in [0.3, 0.4) is 0 Å². The highest BCUT2D eigenvalue weighted by Crippen LogP contribution is 2.25. The second-order valence-electron chi connectivity index (χ2n) is 2.99. The number of hydrogen-bond donors (Lipinski definition) is 0. The highest BCUT2D eigenvalue weighted by atomic mass is 16.1. The average molecular weight is 170 g/mol. The van der Waals surface area contributed by atoms with Crippen molar-refractivity contribution in [1.82, 2.24) is 0 Å². The molecule has 2 rings (SSSR count). The third-order valence-corrected chi connectivity index (χ3v) is 2.23. The Labute approximate surface area is 77.4 Å². The molecular formula is C12H10O. The second-order valence-corrected chi connectivity index (χ2v) is 2.99. The van der Waals surface area contributed by atoms with Crippen molar-refractivity contribution in [1.29, 1.82) is 0 Å². The standard InChI is InChI=1S/C12H10O/c1-2-9-7-8-12(13)11-6-4-3-5-10(9)11/h2-8H,1H3/b9-2-. The first kappa shape index (κ1) is 7.99. The predicted molar refractivity (Wildman–Crippen MR) is 53.6 cm³/mol. The van der Waals surface area contributed by atoms with Crippen molar-refractivity contribution in [2.24, 2.45) is 0 Å². The third kappa shape index (κ3) is 1.22. The van der Waals surface area contributed by atoms with E-state index in [0.29, 0.717) is 0 Å². The number of rotatable bonds is 0. The lowest BCUT2D eigenvalue weighted by Crippen LogP contribution is -2.03. The SMILES string of the molecule is C/C=C1/C=CC(=O)c2ccccc21. The molecule has 0 radical (unpaired) electrons. The number of fused-ring (bicyclic) bond motifs is 1. The maximum Gasteiger partial charge on any atom is 0.186 e. The Morgan fingerprint density at radius 1 is 1.08 bits per heavy atom. The van der Waals surface area contributed by atoms with Crippen molar-refractivity contribution in [3.8, 4) is 0 Å². The van der Waals surface area contributed by atoms with E-state index in [9.17, 15) is 4.79 Å². The number of carbonyl (C=O) groups excluding carboxylic acids is 1. The van der Waals surface area contributed by atoms with Crippen LogP contribution < -0.4 is 0 Å². The third-order valence-electron chi connectivity index (χ3n) is 2.23. The molecule has 0 fully saturated rings. The fourth-order valence-electron chi connectivity index (χ4n) is 1.55. The van der Waals surface area contributed by atoms with Crippen molar-refractivity contribution in [3.05, 3.63) is 53.6 Å². The van der Waals surface area contributed by atoms with E-state index in [1.54, 1.807) is 6.08 Å². The molecule has 0 amide bonds. The monoisotopic (exact) mass is 170 g/mol. The molecule has 0 bridgehead atoms. The topological polar surface area (TPSA) is 17.1 Å². The maximum absolute atomic E-state index is 11.4. The summed E-state index contributed by atoms with van der Waals surface area (Å²) in [6, 6.07) is 7.69. The van der Waals surface area contributed by atoms with E-state index in [1.165, 1.54) is 0 Å². The molecule has 0 saturated heterocycles. The van der Waals surface area contributed by atoms with Gasteiger partial charge < -0.3 is 0 Å². The number of benzene rings is 1. The summed E-state index contributed by atoms with van der Waals surface area (Å²) < 4.78 is 0. The predicted octanol–water partition coefficient (Wildman–Crippen LogP) is 2.84. The molecule has 1 aromatic rings. The molecule has 1 nitrogen and oxygen atoms in total. The molecular weight excluding hydrogens is 160 g/mol. The van der Waals surface area contributed by atoms with Crippen molar-refractivity contribution in [2.75, 3.05) is 0 Å². The van der Waals surface area contributed by atoms with Gasteiger partial charge in [0.1, 0.15) is 0 Å². The highest BCUT2D eigenvalue weighted by Gasteiger charge is 2.13. The molecule has 0 N–H and O–H groups in total. The van der Waals surface area contributed by atoms with Crippen LogP contribution in [0.1, 0.15) is 22.8 Å². The van der Waals surface area contributed by atoms with E-state index < -0.39 is 0 Å². The van der Waals surface area contributed by atoms with Crippen molar-refractivity contribution >= 4 is 11.4 Å². The fraction of sp³-hybridized carbons (Fsp3) is 0.0833. The second kappa shape index (κ2) is 3.02. The quantitative estimate of drug-likeness (QED) is 0.585. The molecule has 0 aromatic heterocycles. The van der Waals surface area contributed by atoms with Gasteiger partial charge in [0.2, 0.25) is 0 Å². The fourth-order valence-corrected chi connectivity index (χ4v) is 1.55. The highest BCUT2D eigenvalue weighted by molar-refractivity contribution is 6.12. The Kier molecular flexibility index (Phi) is 1.85. The van der Waals surface area contributed by atoms with Crippen LogP contribution in [0.2, 0.25) is 0 Å². The van der Waals surface area contributed by atoms with Gasteiger partial charge in [-0.25, -0.2) is 0 Å². The van der Waals surface area contributed by atoms with E-state index >= 15 is 0 Å². The van der Waals surface area contributed by atoms with Crippen LogP contribution in [-0.4, -0.2) is 5.78 Å². The number of allylic oxidation sites excluding steroid dienone is 4. The Balaban J connectivity index is 2.68. The summed E-state index contributed by atoms with van der Waals surface area (Å²) in [5, 5.41) is 0. The summed E-state index contributed by atoms with van der Waals surface area (Å²) in [5.41, 5.74) is 2.96. The molecule has 1 aliphatic rings. The molecule has 0 spiro atoms. The summed E-state index contributed by atoms with van der Waals surface area (Å²) in [6.07, 6.45) is 5.50. The minimum absolute atomic E-state index is 0.0983. The summed E-state index contributed by atoms with van der Waals surface area (Å²) in [7, 11) is 0. The lowest BCUT2D eigenvalue weighted by Gasteiger charge is -2.11. The van der Waals surface area contributed by atoms with Crippen LogP contribution in [0.5, 0.6) is 0 Å². The van der Waals surface area contributed by atoms with Crippen LogP contribution in [0.15, 0.2) is 42.5 Å². The number of hydrogen-bond acceptors (Lipinski definition) is 1. The van der Waals surface area contributed by atoms with Crippen LogP contribution >= 0.6 is 0 Å². The van der Waals surface area contributed by atoms with Gasteiger partial charge in [0.15, 0.2) is 5.78 Å². The molecule has 0 aliphatic heterocycles. The van der Waals surface area contributed by atoms with Crippen molar-refractivity contribution in [3.63, 3.8) is 0 Å². The van der Waals surface area contributed by atoms with Crippen LogP contribution in [0.25, 0.3) is 5.57 Å². The number of carbonyl (C=O) groups is 1. The molecule has 1 aliphatic carbocycles. The minimum atomic E-state index is 0.0983. The summed E-state index contributed by atoms with van der Waals surface area (Å²) in [6.45, 7) is 1.98. The lowest BCUT2D eigenvalue weighted by atomic mass is 9.92. The maximum atomic E-state index is 11.4. The van der Waals surface area contributed by atoms with Gasteiger partial charge in [-0.05, 0) is 24.1 Å². The van der Waals surface area contributed by atoms with Gasteiger partial charge in [0, 0.05) is 5.56 Å². The zero-order chi connectivity index (χ0) is 9.26. The summed E-state index contributed by atoms with van der Waals surface area (Å²) >= 11 is 0. The molecule has 64 valence electrons.